The molecule has 0 saturated heterocycles. The van der Waals surface area contributed by atoms with Crippen molar-refractivity contribution < 1.29 is 42.9 Å². The van der Waals surface area contributed by atoms with Gasteiger partial charge in [0.2, 0.25) is 0 Å². The normalized spacial score (nSPS) is 13.1. The Balaban J connectivity index is 1.89. The standard InChI is InChI=1S/C23H18Cl2F3N3O6/c24-14-4-2-1-3-12(14)8-16(19(32)22(36)37)29-20(33)17-9-18(21(34)35)31(30-17)10-11-5-6-15(25)13(7-11)23(26,27)28/h1-7,9,16,19,32H,8,10H2,(H,29,33)(H,34,35)(H,36,37)/t16-,19-/m1/s1. The van der Waals surface area contributed by atoms with E-state index >= 15 is 0 Å². The molecule has 0 spiro atoms. The highest BCUT2D eigenvalue weighted by Crippen LogP contribution is 2.35. The fraction of sp³-hybridized carbons (Fsp3) is 0.217. The van der Waals surface area contributed by atoms with Gasteiger partial charge in [-0.2, -0.15) is 18.3 Å². The lowest BCUT2D eigenvalue weighted by atomic mass is 10.0. The van der Waals surface area contributed by atoms with Crippen molar-refractivity contribution in [3.63, 3.8) is 0 Å². The third-order valence-electron chi connectivity index (χ3n) is 5.25. The summed E-state index contributed by atoms with van der Waals surface area (Å²) < 4.78 is 40.4. The van der Waals surface area contributed by atoms with Crippen LogP contribution in [0.5, 0.6) is 0 Å². The van der Waals surface area contributed by atoms with E-state index in [1.165, 1.54) is 12.1 Å². The molecule has 196 valence electrons. The molecule has 1 heterocycles. The van der Waals surface area contributed by atoms with Crippen LogP contribution in [0.1, 0.15) is 37.7 Å². The van der Waals surface area contributed by atoms with E-state index in [1.54, 1.807) is 18.2 Å². The van der Waals surface area contributed by atoms with Gasteiger partial charge in [-0.3, -0.25) is 9.48 Å². The number of aromatic nitrogens is 2. The number of aliphatic carboxylic acids is 1. The van der Waals surface area contributed by atoms with Crippen molar-refractivity contribution in [2.45, 2.75) is 31.3 Å². The van der Waals surface area contributed by atoms with Crippen LogP contribution in [-0.2, 0) is 23.9 Å². The second kappa shape index (κ2) is 11.2. The highest BCUT2D eigenvalue weighted by Gasteiger charge is 2.34. The number of carboxylic acid groups (broad SMARTS) is 2. The number of hydrogen-bond acceptors (Lipinski definition) is 5. The van der Waals surface area contributed by atoms with Gasteiger partial charge >= 0.3 is 18.1 Å². The summed E-state index contributed by atoms with van der Waals surface area (Å²) in [6.45, 7) is -0.448. The highest BCUT2D eigenvalue weighted by molar-refractivity contribution is 6.31. The maximum atomic E-state index is 13.2. The lowest BCUT2D eigenvalue weighted by molar-refractivity contribution is -0.148. The summed E-state index contributed by atoms with van der Waals surface area (Å²) in [5.74, 6) is -4.17. The molecule has 3 rings (SSSR count). The summed E-state index contributed by atoms with van der Waals surface area (Å²) in [7, 11) is 0. The van der Waals surface area contributed by atoms with Crippen LogP contribution in [0, 0.1) is 0 Å². The molecule has 0 saturated carbocycles. The molecule has 0 unspecified atom stereocenters. The smallest absolute Gasteiger partial charge is 0.417 e. The first-order valence-corrected chi connectivity index (χ1v) is 11.2. The van der Waals surface area contributed by atoms with Gasteiger partial charge in [0.05, 0.1) is 23.2 Å². The van der Waals surface area contributed by atoms with Crippen molar-refractivity contribution in [2.24, 2.45) is 0 Å². The average Bonchev–Trinajstić information content (AvgIpc) is 3.24. The second-order valence-corrected chi connectivity index (χ2v) is 8.66. The summed E-state index contributed by atoms with van der Waals surface area (Å²) in [6.07, 6.45) is -6.98. The number of carboxylic acids is 2. The molecule has 9 nitrogen and oxygen atoms in total. The van der Waals surface area contributed by atoms with Gasteiger partial charge in [0, 0.05) is 11.1 Å². The molecule has 14 heteroatoms. The number of rotatable bonds is 9. The van der Waals surface area contributed by atoms with E-state index < -0.39 is 64.7 Å². The summed E-state index contributed by atoms with van der Waals surface area (Å²) in [4.78, 5) is 35.9. The first-order valence-electron chi connectivity index (χ1n) is 10.4. The topological polar surface area (TPSA) is 142 Å². The number of nitrogens with zero attached hydrogens (tertiary/aromatic N) is 2. The highest BCUT2D eigenvalue weighted by atomic mass is 35.5. The number of aromatic carboxylic acids is 1. The van der Waals surface area contributed by atoms with E-state index in [2.05, 4.69) is 10.4 Å². The molecule has 0 aliphatic rings. The SMILES string of the molecule is O=C(N[C@H](Cc1ccccc1Cl)[C@@H](O)C(=O)O)c1cc(C(=O)O)n(Cc2ccc(Cl)c(C(F)(F)F)c2)n1. The van der Waals surface area contributed by atoms with Gasteiger partial charge in [0.1, 0.15) is 5.69 Å². The lowest BCUT2D eigenvalue weighted by Crippen LogP contribution is -2.48. The van der Waals surface area contributed by atoms with Gasteiger partial charge in [0.15, 0.2) is 11.8 Å². The Morgan fingerprint density at radius 1 is 1.03 bits per heavy atom. The zero-order valence-corrected chi connectivity index (χ0v) is 20.1. The van der Waals surface area contributed by atoms with E-state index in [0.29, 0.717) is 5.56 Å². The van der Waals surface area contributed by atoms with Gasteiger partial charge in [-0.15, -0.1) is 0 Å². The zero-order valence-electron chi connectivity index (χ0n) is 18.5. The number of benzene rings is 2. The third kappa shape index (κ3) is 6.79. The number of halogens is 5. The van der Waals surface area contributed by atoms with Crippen LogP contribution in [0.25, 0.3) is 0 Å². The number of nitrogens with one attached hydrogen (secondary N) is 1. The minimum absolute atomic E-state index is 0.00665. The monoisotopic (exact) mass is 559 g/mol. The van der Waals surface area contributed by atoms with Gasteiger partial charge in [-0.05, 0) is 35.7 Å². The van der Waals surface area contributed by atoms with Crippen LogP contribution >= 0.6 is 23.2 Å². The molecule has 0 radical (unpaired) electrons. The Morgan fingerprint density at radius 3 is 2.30 bits per heavy atom. The Kier molecular flexibility index (Phi) is 8.46. The average molecular weight is 560 g/mol. The zero-order chi connectivity index (χ0) is 27.5. The summed E-state index contributed by atoms with van der Waals surface area (Å²) in [6, 6.07) is 8.82. The van der Waals surface area contributed by atoms with Gasteiger partial charge in [0.25, 0.3) is 5.91 Å². The van der Waals surface area contributed by atoms with Crippen molar-refractivity contribution in [3.05, 3.63) is 86.7 Å². The van der Waals surface area contributed by atoms with Gasteiger partial charge in [-0.25, -0.2) is 9.59 Å². The van der Waals surface area contributed by atoms with E-state index in [9.17, 15) is 42.9 Å². The minimum Gasteiger partial charge on any atom is -0.479 e. The fourth-order valence-corrected chi connectivity index (χ4v) is 3.88. The van der Waals surface area contributed by atoms with Crippen LogP contribution < -0.4 is 5.32 Å². The number of hydrogen-bond donors (Lipinski definition) is 4. The molecule has 0 fully saturated rings. The summed E-state index contributed by atoms with van der Waals surface area (Å²) in [5.41, 5.74) is -1.68. The van der Waals surface area contributed by atoms with Crippen molar-refractivity contribution in [1.82, 2.24) is 15.1 Å². The largest absolute Gasteiger partial charge is 0.479 e. The Bertz CT molecular complexity index is 1350. The van der Waals surface area contributed by atoms with Crippen LogP contribution in [0.4, 0.5) is 13.2 Å². The second-order valence-electron chi connectivity index (χ2n) is 7.85. The summed E-state index contributed by atoms with van der Waals surface area (Å²) in [5, 5.41) is 34.8. The van der Waals surface area contributed by atoms with E-state index in [1.807, 2.05) is 0 Å². The van der Waals surface area contributed by atoms with Gasteiger partial charge < -0.3 is 20.6 Å². The molecule has 4 N–H and O–H groups in total. The number of aliphatic hydroxyl groups excluding tert-OH is 1. The van der Waals surface area contributed by atoms with Crippen molar-refractivity contribution in [1.29, 1.82) is 0 Å². The minimum atomic E-state index is -4.75. The molecule has 2 atom stereocenters. The molecule has 1 amide bonds. The number of alkyl halides is 3. The van der Waals surface area contributed by atoms with Gasteiger partial charge in [-0.1, -0.05) is 47.5 Å². The molecule has 1 aromatic heterocycles. The Labute approximate surface area is 217 Å². The first-order chi connectivity index (χ1) is 17.3. The van der Waals surface area contributed by atoms with Crippen LogP contribution in [0.2, 0.25) is 10.0 Å². The molecule has 2 aromatic carbocycles. The predicted molar refractivity (Wildman–Crippen MR) is 125 cm³/mol. The Hall–Kier alpha value is -3.61. The van der Waals surface area contributed by atoms with Crippen molar-refractivity contribution >= 4 is 41.0 Å². The quantitative estimate of drug-likeness (QED) is 0.313. The maximum Gasteiger partial charge on any atom is 0.417 e. The predicted octanol–water partition coefficient (Wildman–Crippen LogP) is 3.74. The summed E-state index contributed by atoms with van der Waals surface area (Å²) >= 11 is 11.7. The van der Waals surface area contributed by atoms with Crippen LogP contribution in [0.15, 0.2) is 48.5 Å². The molecule has 37 heavy (non-hydrogen) atoms. The number of aliphatic hydroxyl groups is 1. The van der Waals surface area contributed by atoms with Crippen LogP contribution in [0.3, 0.4) is 0 Å². The fourth-order valence-electron chi connectivity index (χ4n) is 3.44. The number of carbonyl (C=O) groups excluding carboxylic acids is 1. The molecule has 0 aliphatic carbocycles. The Morgan fingerprint density at radius 2 is 1.70 bits per heavy atom. The molecule has 3 aromatic rings. The first kappa shape index (κ1) is 28.0. The maximum absolute atomic E-state index is 13.2. The number of carbonyl (C=O) groups is 3. The third-order valence-corrected chi connectivity index (χ3v) is 5.95. The lowest BCUT2D eigenvalue weighted by Gasteiger charge is -2.21. The molecular weight excluding hydrogens is 542 g/mol. The molecule has 0 aliphatic heterocycles. The van der Waals surface area contributed by atoms with Crippen molar-refractivity contribution in [2.75, 3.05) is 0 Å². The van der Waals surface area contributed by atoms with E-state index in [0.717, 1.165) is 22.9 Å². The van der Waals surface area contributed by atoms with E-state index in [4.69, 9.17) is 23.2 Å². The van der Waals surface area contributed by atoms with Crippen molar-refractivity contribution in [3.8, 4) is 0 Å². The van der Waals surface area contributed by atoms with E-state index in [-0.39, 0.29) is 17.0 Å². The molecular formula is C23H18Cl2F3N3O6. The molecule has 0 bridgehead atoms. The number of amides is 1. The van der Waals surface area contributed by atoms with Crippen LogP contribution in [-0.4, -0.2) is 55.1 Å².